The zero-order valence-corrected chi connectivity index (χ0v) is 15.0. The lowest BCUT2D eigenvalue weighted by Crippen LogP contribution is -2.58. The number of unbranched alkanes of at least 4 members (excludes halogenated alkanes) is 1. The minimum atomic E-state index is -3.38. The van der Waals surface area contributed by atoms with Gasteiger partial charge in [-0.15, -0.1) is 0 Å². The third-order valence-corrected chi connectivity index (χ3v) is 5.82. The van der Waals surface area contributed by atoms with Gasteiger partial charge in [-0.25, -0.2) is 17.5 Å². The Hall–Kier alpha value is -1.14. The third-order valence-electron chi connectivity index (χ3n) is 4.45. The van der Waals surface area contributed by atoms with Gasteiger partial charge in [-0.3, -0.25) is 0 Å². The van der Waals surface area contributed by atoms with Crippen LogP contribution in [0.15, 0.2) is 18.2 Å². The van der Waals surface area contributed by atoms with Crippen LogP contribution in [0.3, 0.4) is 0 Å². The second-order valence-corrected chi connectivity index (χ2v) is 8.68. The smallest absolute Gasteiger partial charge is 0.211 e. The molecule has 1 N–H and O–H groups in total. The highest BCUT2D eigenvalue weighted by Gasteiger charge is 2.45. The molecule has 0 amide bonds. The van der Waals surface area contributed by atoms with E-state index in [9.17, 15) is 12.8 Å². The molecule has 0 aliphatic carbocycles. The Morgan fingerprint density at radius 1 is 1.30 bits per heavy atom. The fraction of sp³-hybridized carbons (Fsp3) is 0.647. The molecule has 0 radical (unpaired) electrons. The number of hydrogen-bond acceptors (Lipinski definition) is 3. The highest BCUT2D eigenvalue weighted by atomic mass is 32.2. The molecular weight excluding hydrogens is 317 g/mol. The van der Waals surface area contributed by atoms with E-state index in [0.717, 1.165) is 24.8 Å². The van der Waals surface area contributed by atoms with Crippen LogP contribution in [0, 0.1) is 5.82 Å². The SMILES string of the molecule is CCCCC1c2cc(F)ccc2OC(C)(C)C1NS(=O)(=O)CC. The van der Waals surface area contributed by atoms with Crippen LogP contribution < -0.4 is 9.46 Å². The Morgan fingerprint density at radius 3 is 2.61 bits per heavy atom. The third kappa shape index (κ3) is 4.04. The Balaban J connectivity index is 2.48. The molecule has 2 unspecified atom stereocenters. The number of sulfonamides is 1. The van der Waals surface area contributed by atoms with E-state index in [1.807, 2.05) is 13.8 Å². The quantitative estimate of drug-likeness (QED) is 0.859. The van der Waals surface area contributed by atoms with Gasteiger partial charge in [-0.05, 0) is 45.4 Å². The monoisotopic (exact) mass is 343 g/mol. The van der Waals surface area contributed by atoms with Crippen LogP contribution in [0.1, 0.15) is 58.4 Å². The maximum Gasteiger partial charge on any atom is 0.211 e. The minimum Gasteiger partial charge on any atom is -0.486 e. The average Bonchev–Trinajstić information content (AvgIpc) is 2.47. The van der Waals surface area contributed by atoms with E-state index < -0.39 is 21.7 Å². The number of ether oxygens (including phenoxy) is 1. The molecule has 1 aromatic rings. The number of halogens is 1. The first-order chi connectivity index (χ1) is 10.7. The molecule has 0 saturated heterocycles. The van der Waals surface area contributed by atoms with Crippen LogP contribution in [-0.2, 0) is 10.0 Å². The summed E-state index contributed by atoms with van der Waals surface area (Å²) in [5.74, 6) is 0.219. The van der Waals surface area contributed by atoms with Crippen LogP contribution in [-0.4, -0.2) is 25.8 Å². The molecule has 2 rings (SSSR count). The van der Waals surface area contributed by atoms with Gasteiger partial charge in [0.25, 0.3) is 0 Å². The van der Waals surface area contributed by atoms with Crippen molar-refractivity contribution in [3.63, 3.8) is 0 Å². The summed E-state index contributed by atoms with van der Waals surface area (Å²) in [6, 6.07) is 4.06. The van der Waals surface area contributed by atoms with Crippen molar-refractivity contribution in [3.8, 4) is 5.75 Å². The van der Waals surface area contributed by atoms with E-state index in [1.54, 1.807) is 13.0 Å². The van der Waals surface area contributed by atoms with Crippen LogP contribution in [0.25, 0.3) is 0 Å². The van der Waals surface area contributed by atoms with Crippen molar-refractivity contribution in [2.75, 3.05) is 5.75 Å². The molecular formula is C17H26FNO3S. The van der Waals surface area contributed by atoms with E-state index in [-0.39, 0.29) is 17.5 Å². The molecule has 1 aromatic carbocycles. The summed E-state index contributed by atoms with van der Waals surface area (Å²) in [5.41, 5.74) is 0.0486. The highest BCUT2D eigenvalue weighted by Crippen LogP contribution is 2.43. The lowest BCUT2D eigenvalue weighted by atomic mass is 9.77. The molecule has 0 fully saturated rings. The molecule has 0 bridgehead atoms. The van der Waals surface area contributed by atoms with Gasteiger partial charge < -0.3 is 4.74 Å². The standard InChI is InChI=1S/C17H26FNO3S/c1-5-7-8-13-14-11-12(18)9-10-15(14)22-17(3,4)16(13)19-23(20,21)6-2/h9-11,13,16,19H,5-8H2,1-4H3. The second-order valence-electron chi connectivity index (χ2n) is 6.64. The van der Waals surface area contributed by atoms with Crippen LogP contribution in [0.4, 0.5) is 4.39 Å². The molecule has 130 valence electrons. The molecule has 4 nitrogen and oxygen atoms in total. The topological polar surface area (TPSA) is 55.4 Å². The summed E-state index contributed by atoms with van der Waals surface area (Å²) in [6.07, 6.45) is 2.73. The summed E-state index contributed by atoms with van der Waals surface area (Å²) in [4.78, 5) is 0. The first-order valence-electron chi connectivity index (χ1n) is 8.18. The summed E-state index contributed by atoms with van der Waals surface area (Å²) < 4.78 is 46.7. The van der Waals surface area contributed by atoms with Gasteiger partial charge in [-0.2, -0.15) is 0 Å². The van der Waals surface area contributed by atoms with Gasteiger partial charge in [0.1, 0.15) is 17.2 Å². The second kappa shape index (κ2) is 6.77. The van der Waals surface area contributed by atoms with E-state index in [1.165, 1.54) is 12.1 Å². The molecule has 23 heavy (non-hydrogen) atoms. The Kier molecular flexibility index (Phi) is 5.36. The number of fused-ring (bicyclic) bond motifs is 1. The van der Waals surface area contributed by atoms with Crippen molar-refractivity contribution in [2.24, 2.45) is 0 Å². The number of benzene rings is 1. The minimum absolute atomic E-state index is 0.0100. The van der Waals surface area contributed by atoms with Gasteiger partial charge in [0.15, 0.2) is 0 Å². The zero-order valence-electron chi connectivity index (χ0n) is 14.2. The van der Waals surface area contributed by atoms with Crippen molar-refractivity contribution in [1.82, 2.24) is 4.72 Å². The summed E-state index contributed by atoms with van der Waals surface area (Å²) in [6.45, 7) is 7.44. The predicted octanol–water partition coefficient (Wildman–Crippen LogP) is 3.58. The summed E-state index contributed by atoms with van der Waals surface area (Å²) >= 11 is 0. The molecule has 0 saturated carbocycles. The van der Waals surface area contributed by atoms with Crippen molar-refractivity contribution < 1.29 is 17.5 Å². The molecule has 1 heterocycles. The van der Waals surface area contributed by atoms with Crippen LogP contribution in [0.5, 0.6) is 5.75 Å². The Morgan fingerprint density at radius 2 is 2.00 bits per heavy atom. The first kappa shape index (κ1) is 18.2. The highest BCUT2D eigenvalue weighted by molar-refractivity contribution is 7.89. The largest absolute Gasteiger partial charge is 0.486 e. The maximum atomic E-state index is 13.7. The lowest BCUT2D eigenvalue weighted by Gasteiger charge is -2.45. The van der Waals surface area contributed by atoms with Gasteiger partial charge in [0.2, 0.25) is 10.0 Å². The molecule has 0 spiro atoms. The normalized spacial score (nSPS) is 23.2. The summed E-state index contributed by atoms with van der Waals surface area (Å²) in [7, 11) is -3.38. The van der Waals surface area contributed by atoms with Crippen LogP contribution in [0.2, 0.25) is 0 Å². The first-order valence-corrected chi connectivity index (χ1v) is 9.84. The van der Waals surface area contributed by atoms with E-state index in [2.05, 4.69) is 11.6 Å². The van der Waals surface area contributed by atoms with Gasteiger partial charge >= 0.3 is 0 Å². The molecule has 2 atom stereocenters. The lowest BCUT2D eigenvalue weighted by molar-refractivity contribution is 0.0406. The fourth-order valence-corrected chi connectivity index (χ4v) is 4.16. The van der Waals surface area contributed by atoms with Crippen molar-refractivity contribution in [2.45, 2.75) is 64.5 Å². The molecule has 6 heteroatoms. The number of rotatable bonds is 6. The maximum absolute atomic E-state index is 13.7. The van der Waals surface area contributed by atoms with Gasteiger partial charge in [0.05, 0.1) is 11.8 Å². The van der Waals surface area contributed by atoms with E-state index in [0.29, 0.717) is 5.75 Å². The fourth-order valence-electron chi connectivity index (χ4n) is 3.16. The number of hydrogen-bond donors (Lipinski definition) is 1. The van der Waals surface area contributed by atoms with Gasteiger partial charge in [0, 0.05) is 11.5 Å². The molecule has 1 aliphatic rings. The predicted molar refractivity (Wildman–Crippen MR) is 89.8 cm³/mol. The zero-order chi connectivity index (χ0) is 17.3. The summed E-state index contributed by atoms with van der Waals surface area (Å²) in [5, 5.41) is 0. The van der Waals surface area contributed by atoms with Crippen LogP contribution >= 0.6 is 0 Å². The van der Waals surface area contributed by atoms with Crippen molar-refractivity contribution >= 4 is 10.0 Å². The Bertz CT molecular complexity index is 658. The average molecular weight is 343 g/mol. The Labute approximate surface area is 138 Å². The van der Waals surface area contributed by atoms with Gasteiger partial charge in [-0.1, -0.05) is 19.8 Å². The van der Waals surface area contributed by atoms with Crippen molar-refractivity contribution in [3.05, 3.63) is 29.6 Å². The number of nitrogens with one attached hydrogen (secondary N) is 1. The molecule has 1 aliphatic heterocycles. The van der Waals surface area contributed by atoms with E-state index in [4.69, 9.17) is 4.74 Å². The van der Waals surface area contributed by atoms with E-state index >= 15 is 0 Å². The van der Waals surface area contributed by atoms with Crippen molar-refractivity contribution in [1.29, 1.82) is 0 Å². The molecule has 0 aromatic heterocycles.